The van der Waals surface area contributed by atoms with Gasteiger partial charge in [-0.25, -0.2) is 4.79 Å². The maximum absolute atomic E-state index is 12.4. The van der Waals surface area contributed by atoms with Crippen LogP contribution < -0.4 is 4.74 Å². The summed E-state index contributed by atoms with van der Waals surface area (Å²) in [7, 11) is 0. The zero-order valence-corrected chi connectivity index (χ0v) is 19.2. The van der Waals surface area contributed by atoms with Gasteiger partial charge in [0.2, 0.25) is 0 Å². The molecule has 170 valence electrons. The minimum absolute atomic E-state index is 0.0273. The van der Waals surface area contributed by atoms with Gasteiger partial charge in [0.05, 0.1) is 18.4 Å². The lowest BCUT2D eigenvalue weighted by Crippen LogP contribution is -2.24. The molecule has 1 aromatic carbocycles. The van der Waals surface area contributed by atoms with Gasteiger partial charge in [0.15, 0.2) is 5.60 Å². The van der Waals surface area contributed by atoms with Crippen LogP contribution in [-0.2, 0) is 40.8 Å². The molecule has 0 spiro atoms. The molecule has 2 rings (SSSR count). The molecule has 1 saturated heterocycles. The number of carbonyl (C=O) groups is 3. The molecule has 0 saturated carbocycles. The summed E-state index contributed by atoms with van der Waals surface area (Å²) < 4.78 is 22.0. The fourth-order valence-corrected chi connectivity index (χ4v) is 2.64. The van der Waals surface area contributed by atoms with Gasteiger partial charge in [0.25, 0.3) is 0 Å². The standard InChI is InChI=1S/C24H32O7/c1-7-16(5)22(26)28-12-18-9-10-19(20(11-18)31-23(27)17(6)8-2)24(14-30-24)13-29-21(25)15(3)4/h8-11,15-16H,7,12-14H2,1-6H3. The molecular formula is C24H32O7. The van der Waals surface area contributed by atoms with Crippen molar-refractivity contribution in [3.05, 3.63) is 41.0 Å². The van der Waals surface area contributed by atoms with E-state index in [-0.39, 0.29) is 37.0 Å². The summed E-state index contributed by atoms with van der Waals surface area (Å²) in [6, 6.07) is 5.21. The third-order valence-corrected chi connectivity index (χ3v) is 5.30. The molecule has 0 radical (unpaired) electrons. The molecule has 0 bridgehead atoms. The molecule has 31 heavy (non-hydrogen) atoms. The lowest BCUT2D eigenvalue weighted by atomic mass is 9.98. The van der Waals surface area contributed by atoms with E-state index in [1.54, 1.807) is 52.0 Å². The average Bonchev–Trinajstić information content (AvgIpc) is 3.55. The molecule has 0 aliphatic carbocycles. The SMILES string of the molecule is CC=C(C)C(=O)Oc1cc(COC(=O)C(C)CC)ccc1C1(COC(=O)C(C)C)CO1. The molecule has 0 amide bonds. The van der Waals surface area contributed by atoms with Crippen molar-refractivity contribution in [3.63, 3.8) is 0 Å². The molecule has 0 N–H and O–H groups in total. The maximum atomic E-state index is 12.4. The van der Waals surface area contributed by atoms with Crippen molar-refractivity contribution in [1.29, 1.82) is 0 Å². The summed E-state index contributed by atoms with van der Waals surface area (Å²) in [5.74, 6) is -1.25. The average molecular weight is 433 g/mol. The normalized spacial score (nSPS) is 19.0. The van der Waals surface area contributed by atoms with Crippen molar-refractivity contribution in [2.45, 2.75) is 60.2 Å². The molecule has 7 nitrogen and oxygen atoms in total. The number of ether oxygens (including phenoxy) is 4. The van der Waals surface area contributed by atoms with Gasteiger partial charge in [0, 0.05) is 11.1 Å². The van der Waals surface area contributed by atoms with E-state index in [1.807, 2.05) is 13.8 Å². The van der Waals surface area contributed by atoms with E-state index in [1.165, 1.54) is 0 Å². The summed E-state index contributed by atoms with van der Waals surface area (Å²) >= 11 is 0. The van der Waals surface area contributed by atoms with Gasteiger partial charge < -0.3 is 18.9 Å². The van der Waals surface area contributed by atoms with Crippen LogP contribution in [0.25, 0.3) is 0 Å². The summed E-state index contributed by atoms with van der Waals surface area (Å²) in [5, 5.41) is 0. The summed E-state index contributed by atoms with van der Waals surface area (Å²) in [6.45, 7) is 11.1. The van der Waals surface area contributed by atoms with E-state index in [0.717, 1.165) is 0 Å². The van der Waals surface area contributed by atoms with Crippen LogP contribution in [0.5, 0.6) is 5.75 Å². The molecule has 7 heteroatoms. The highest BCUT2D eigenvalue weighted by Crippen LogP contribution is 2.44. The van der Waals surface area contributed by atoms with Crippen molar-refractivity contribution in [2.24, 2.45) is 11.8 Å². The van der Waals surface area contributed by atoms with Crippen LogP contribution in [0.3, 0.4) is 0 Å². The van der Waals surface area contributed by atoms with Crippen LogP contribution in [-0.4, -0.2) is 31.1 Å². The first-order valence-electron chi connectivity index (χ1n) is 10.6. The molecule has 1 fully saturated rings. The van der Waals surface area contributed by atoms with Crippen LogP contribution in [0, 0.1) is 11.8 Å². The Balaban J connectivity index is 2.27. The van der Waals surface area contributed by atoms with Crippen LogP contribution >= 0.6 is 0 Å². The molecule has 1 aliphatic heterocycles. The number of carbonyl (C=O) groups excluding carboxylic acids is 3. The Bertz CT molecular complexity index is 849. The predicted octanol–water partition coefficient (Wildman–Crippen LogP) is 4.07. The Morgan fingerprint density at radius 3 is 2.39 bits per heavy atom. The zero-order valence-electron chi connectivity index (χ0n) is 19.2. The van der Waals surface area contributed by atoms with Gasteiger partial charge >= 0.3 is 17.9 Å². The summed E-state index contributed by atoms with van der Waals surface area (Å²) in [6.07, 6.45) is 2.35. The number of rotatable bonds is 10. The number of allylic oxidation sites excluding steroid dienone is 1. The van der Waals surface area contributed by atoms with Gasteiger partial charge in [-0.1, -0.05) is 45.9 Å². The number of esters is 3. The van der Waals surface area contributed by atoms with Crippen LogP contribution in [0.15, 0.2) is 29.8 Å². The van der Waals surface area contributed by atoms with Crippen molar-refractivity contribution < 1.29 is 33.3 Å². The van der Waals surface area contributed by atoms with E-state index in [9.17, 15) is 14.4 Å². The number of benzene rings is 1. The Kier molecular flexibility index (Phi) is 8.39. The maximum Gasteiger partial charge on any atom is 0.338 e. The van der Waals surface area contributed by atoms with Crippen molar-refractivity contribution in [1.82, 2.24) is 0 Å². The minimum atomic E-state index is -0.851. The molecular weight excluding hydrogens is 400 g/mol. The molecule has 1 heterocycles. The van der Waals surface area contributed by atoms with Gasteiger partial charge in [-0.2, -0.15) is 0 Å². The lowest BCUT2D eigenvalue weighted by Gasteiger charge is -2.19. The molecule has 2 atom stereocenters. The molecule has 1 aromatic rings. The fourth-order valence-electron chi connectivity index (χ4n) is 2.64. The van der Waals surface area contributed by atoms with Crippen LogP contribution in [0.1, 0.15) is 59.1 Å². The first kappa shape index (κ1) is 24.6. The fraction of sp³-hybridized carbons (Fsp3) is 0.542. The quantitative estimate of drug-likeness (QED) is 0.238. The van der Waals surface area contributed by atoms with Gasteiger partial charge in [-0.05, 0) is 31.9 Å². The third-order valence-electron chi connectivity index (χ3n) is 5.30. The van der Waals surface area contributed by atoms with Crippen molar-refractivity contribution in [2.75, 3.05) is 13.2 Å². The number of epoxide rings is 1. The highest BCUT2D eigenvalue weighted by Gasteiger charge is 2.50. The minimum Gasteiger partial charge on any atom is -0.462 e. The van der Waals surface area contributed by atoms with Gasteiger partial charge in [0.1, 0.15) is 19.0 Å². The van der Waals surface area contributed by atoms with Gasteiger partial charge in [-0.15, -0.1) is 0 Å². The molecule has 0 aromatic heterocycles. The first-order valence-corrected chi connectivity index (χ1v) is 10.6. The van der Waals surface area contributed by atoms with E-state index >= 15 is 0 Å². The monoisotopic (exact) mass is 432 g/mol. The van der Waals surface area contributed by atoms with E-state index < -0.39 is 11.6 Å². The highest BCUT2D eigenvalue weighted by molar-refractivity contribution is 5.89. The highest BCUT2D eigenvalue weighted by atomic mass is 16.6. The second kappa shape index (κ2) is 10.6. The first-order chi connectivity index (χ1) is 14.6. The lowest BCUT2D eigenvalue weighted by molar-refractivity contribution is -0.150. The van der Waals surface area contributed by atoms with E-state index in [2.05, 4.69) is 0 Å². The Morgan fingerprint density at radius 1 is 1.16 bits per heavy atom. The van der Waals surface area contributed by atoms with E-state index in [0.29, 0.717) is 35.5 Å². The van der Waals surface area contributed by atoms with Crippen molar-refractivity contribution in [3.8, 4) is 5.75 Å². The summed E-state index contributed by atoms with van der Waals surface area (Å²) in [4.78, 5) is 36.3. The largest absolute Gasteiger partial charge is 0.462 e. The molecule has 1 aliphatic rings. The number of hydrogen-bond donors (Lipinski definition) is 0. The predicted molar refractivity (Wildman–Crippen MR) is 114 cm³/mol. The van der Waals surface area contributed by atoms with Crippen molar-refractivity contribution >= 4 is 17.9 Å². The second-order valence-electron chi connectivity index (χ2n) is 8.15. The smallest absolute Gasteiger partial charge is 0.338 e. The summed E-state index contributed by atoms with van der Waals surface area (Å²) in [5.41, 5.74) is 0.891. The van der Waals surface area contributed by atoms with Gasteiger partial charge in [-0.3, -0.25) is 9.59 Å². The Morgan fingerprint density at radius 2 is 1.84 bits per heavy atom. The topological polar surface area (TPSA) is 91.4 Å². The Hall–Kier alpha value is -2.67. The number of hydrogen-bond acceptors (Lipinski definition) is 7. The molecule has 2 unspecified atom stereocenters. The Labute approximate surface area is 183 Å². The zero-order chi connectivity index (χ0) is 23.2. The third kappa shape index (κ3) is 6.40. The van der Waals surface area contributed by atoms with E-state index in [4.69, 9.17) is 18.9 Å². The van der Waals surface area contributed by atoms with Crippen LogP contribution in [0.2, 0.25) is 0 Å². The second-order valence-corrected chi connectivity index (χ2v) is 8.15. The van der Waals surface area contributed by atoms with Crippen LogP contribution in [0.4, 0.5) is 0 Å².